The number of imidazole rings is 1. The van der Waals surface area contributed by atoms with Crippen LogP contribution in [0.3, 0.4) is 0 Å². The second-order valence-electron chi connectivity index (χ2n) is 4.74. The summed E-state index contributed by atoms with van der Waals surface area (Å²) in [6.07, 6.45) is 10.2. The molecular formula is C14H27N3. The number of hydrogen-bond donors (Lipinski definition) is 2. The van der Waals surface area contributed by atoms with Gasteiger partial charge in [-0.1, -0.05) is 46.5 Å². The van der Waals surface area contributed by atoms with Gasteiger partial charge in [0.25, 0.3) is 0 Å². The van der Waals surface area contributed by atoms with Gasteiger partial charge in [-0.25, -0.2) is 4.98 Å². The second kappa shape index (κ2) is 8.29. The van der Waals surface area contributed by atoms with Gasteiger partial charge in [-0.15, -0.1) is 0 Å². The molecule has 0 saturated heterocycles. The molecule has 2 N–H and O–H groups in total. The maximum absolute atomic E-state index is 4.38. The fourth-order valence-corrected chi connectivity index (χ4v) is 2.32. The number of nitrogens with zero attached hydrogens (tertiary/aromatic N) is 1. The highest BCUT2D eigenvalue weighted by molar-refractivity contribution is 4.96. The zero-order chi connectivity index (χ0) is 12.5. The van der Waals surface area contributed by atoms with E-state index >= 15 is 0 Å². The van der Waals surface area contributed by atoms with Gasteiger partial charge in [0.2, 0.25) is 0 Å². The van der Waals surface area contributed by atoms with Crippen molar-refractivity contribution in [3.8, 4) is 0 Å². The van der Waals surface area contributed by atoms with Gasteiger partial charge >= 0.3 is 0 Å². The molecule has 17 heavy (non-hydrogen) atoms. The van der Waals surface area contributed by atoms with Crippen LogP contribution in [0.25, 0.3) is 0 Å². The van der Waals surface area contributed by atoms with E-state index in [9.17, 15) is 0 Å². The number of rotatable bonds is 9. The average molecular weight is 237 g/mol. The zero-order valence-corrected chi connectivity index (χ0v) is 11.5. The molecule has 0 aromatic carbocycles. The Hall–Kier alpha value is -0.830. The van der Waals surface area contributed by atoms with Crippen LogP contribution < -0.4 is 5.32 Å². The standard InChI is InChI=1S/C14H27N3/c1-4-7-8-12(5-2)11-13(15-6-3)14-16-9-10-17-14/h9-10,12-13,15H,4-8,11H2,1-3H3,(H,16,17). The van der Waals surface area contributed by atoms with E-state index in [0.29, 0.717) is 6.04 Å². The first-order valence-electron chi connectivity index (χ1n) is 7.04. The van der Waals surface area contributed by atoms with E-state index in [-0.39, 0.29) is 0 Å². The molecule has 0 amide bonds. The van der Waals surface area contributed by atoms with Crippen LogP contribution in [0.5, 0.6) is 0 Å². The molecule has 1 aromatic heterocycles. The van der Waals surface area contributed by atoms with Crippen molar-refractivity contribution in [2.24, 2.45) is 5.92 Å². The van der Waals surface area contributed by atoms with Gasteiger partial charge in [0.05, 0.1) is 6.04 Å². The molecule has 0 bridgehead atoms. The van der Waals surface area contributed by atoms with E-state index < -0.39 is 0 Å². The number of nitrogens with one attached hydrogen (secondary N) is 2. The summed E-state index contributed by atoms with van der Waals surface area (Å²) in [6.45, 7) is 7.71. The minimum Gasteiger partial charge on any atom is -0.347 e. The number of aromatic nitrogens is 2. The lowest BCUT2D eigenvalue weighted by molar-refractivity contribution is 0.349. The Labute approximate surface area is 105 Å². The Morgan fingerprint density at radius 1 is 1.35 bits per heavy atom. The molecule has 0 aliphatic rings. The molecule has 2 atom stereocenters. The number of H-pyrrole nitrogens is 1. The predicted octanol–water partition coefficient (Wildman–Crippen LogP) is 3.67. The lowest BCUT2D eigenvalue weighted by Gasteiger charge is -2.22. The molecule has 1 rings (SSSR count). The Bertz CT molecular complexity index is 269. The topological polar surface area (TPSA) is 40.7 Å². The zero-order valence-electron chi connectivity index (χ0n) is 11.5. The van der Waals surface area contributed by atoms with Crippen LogP contribution in [0.2, 0.25) is 0 Å². The van der Waals surface area contributed by atoms with Gasteiger partial charge in [0, 0.05) is 12.4 Å². The Morgan fingerprint density at radius 3 is 2.71 bits per heavy atom. The molecule has 2 unspecified atom stereocenters. The smallest absolute Gasteiger partial charge is 0.123 e. The van der Waals surface area contributed by atoms with Crippen LogP contribution in [0.15, 0.2) is 12.4 Å². The summed E-state index contributed by atoms with van der Waals surface area (Å²) >= 11 is 0. The lowest BCUT2D eigenvalue weighted by Crippen LogP contribution is -2.24. The quantitative estimate of drug-likeness (QED) is 0.688. The average Bonchev–Trinajstić information content (AvgIpc) is 2.87. The lowest BCUT2D eigenvalue weighted by atomic mass is 9.92. The van der Waals surface area contributed by atoms with E-state index in [4.69, 9.17) is 0 Å². The second-order valence-corrected chi connectivity index (χ2v) is 4.74. The largest absolute Gasteiger partial charge is 0.347 e. The number of aromatic amines is 1. The summed E-state index contributed by atoms with van der Waals surface area (Å²) in [6, 6.07) is 0.386. The maximum Gasteiger partial charge on any atom is 0.123 e. The highest BCUT2D eigenvalue weighted by Gasteiger charge is 2.17. The number of unbranched alkanes of at least 4 members (excludes halogenated alkanes) is 1. The van der Waals surface area contributed by atoms with Crippen molar-refractivity contribution in [1.29, 1.82) is 0 Å². The van der Waals surface area contributed by atoms with E-state index in [1.165, 1.54) is 32.1 Å². The van der Waals surface area contributed by atoms with Crippen molar-refractivity contribution in [2.45, 2.75) is 58.9 Å². The van der Waals surface area contributed by atoms with Crippen molar-refractivity contribution < 1.29 is 0 Å². The third kappa shape index (κ3) is 4.90. The highest BCUT2D eigenvalue weighted by atomic mass is 15.0. The minimum atomic E-state index is 0.386. The first-order valence-corrected chi connectivity index (χ1v) is 7.04. The van der Waals surface area contributed by atoms with Crippen LogP contribution in [0.1, 0.15) is 64.7 Å². The fraction of sp³-hybridized carbons (Fsp3) is 0.786. The van der Waals surface area contributed by atoms with Gasteiger partial charge in [-0.3, -0.25) is 0 Å². The minimum absolute atomic E-state index is 0.386. The van der Waals surface area contributed by atoms with Crippen molar-refractivity contribution >= 4 is 0 Å². The molecule has 98 valence electrons. The SMILES string of the molecule is CCCCC(CC)CC(NCC)c1ncc[nH]1. The van der Waals surface area contributed by atoms with Crippen LogP contribution in [-0.2, 0) is 0 Å². The molecule has 0 spiro atoms. The predicted molar refractivity (Wildman–Crippen MR) is 72.9 cm³/mol. The van der Waals surface area contributed by atoms with E-state index in [1.807, 2.05) is 12.4 Å². The molecule has 0 saturated carbocycles. The first kappa shape index (κ1) is 14.2. The van der Waals surface area contributed by atoms with E-state index in [0.717, 1.165) is 18.3 Å². The Kier molecular flexibility index (Phi) is 6.94. The van der Waals surface area contributed by atoms with Crippen LogP contribution in [0.4, 0.5) is 0 Å². The van der Waals surface area contributed by atoms with Crippen molar-refractivity contribution in [2.75, 3.05) is 6.54 Å². The molecule has 1 aromatic rings. The van der Waals surface area contributed by atoms with Gasteiger partial charge in [0.15, 0.2) is 0 Å². The van der Waals surface area contributed by atoms with Crippen molar-refractivity contribution in [3.63, 3.8) is 0 Å². The van der Waals surface area contributed by atoms with E-state index in [2.05, 4.69) is 36.1 Å². The van der Waals surface area contributed by atoms with Gasteiger partial charge in [0.1, 0.15) is 5.82 Å². The number of hydrogen-bond acceptors (Lipinski definition) is 2. The summed E-state index contributed by atoms with van der Waals surface area (Å²) in [4.78, 5) is 7.62. The Morgan fingerprint density at radius 2 is 2.18 bits per heavy atom. The van der Waals surface area contributed by atoms with E-state index in [1.54, 1.807) is 0 Å². The molecule has 1 heterocycles. The van der Waals surface area contributed by atoms with Crippen molar-refractivity contribution in [3.05, 3.63) is 18.2 Å². The third-order valence-corrected chi connectivity index (χ3v) is 3.41. The van der Waals surface area contributed by atoms with Crippen molar-refractivity contribution in [1.82, 2.24) is 15.3 Å². The van der Waals surface area contributed by atoms with Gasteiger partial charge in [-0.2, -0.15) is 0 Å². The molecule has 3 heteroatoms. The first-order chi connectivity index (χ1) is 8.31. The van der Waals surface area contributed by atoms with Crippen LogP contribution in [0, 0.1) is 5.92 Å². The van der Waals surface area contributed by atoms with Crippen LogP contribution >= 0.6 is 0 Å². The highest BCUT2D eigenvalue weighted by Crippen LogP contribution is 2.24. The molecule has 0 aliphatic carbocycles. The van der Waals surface area contributed by atoms with Gasteiger partial charge in [-0.05, 0) is 18.9 Å². The summed E-state index contributed by atoms with van der Waals surface area (Å²) in [7, 11) is 0. The molecule has 0 fully saturated rings. The summed E-state index contributed by atoms with van der Waals surface area (Å²) < 4.78 is 0. The summed E-state index contributed by atoms with van der Waals surface area (Å²) in [5, 5.41) is 3.53. The molecule has 3 nitrogen and oxygen atoms in total. The molecule has 0 radical (unpaired) electrons. The Balaban J connectivity index is 2.52. The monoisotopic (exact) mass is 237 g/mol. The fourth-order valence-electron chi connectivity index (χ4n) is 2.32. The third-order valence-electron chi connectivity index (χ3n) is 3.41. The molecular weight excluding hydrogens is 210 g/mol. The molecule has 0 aliphatic heterocycles. The summed E-state index contributed by atoms with van der Waals surface area (Å²) in [5.41, 5.74) is 0. The normalized spacial score (nSPS) is 14.8. The maximum atomic E-state index is 4.38. The van der Waals surface area contributed by atoms with Crippen LogP contribution in [-0.4, -0.2) is 16.5 Å². The summed E-state index contributed by atoms with van der Waals surface area (Å²) in [5.74, 6) is 1.89. The van der Waals surface area contributed by atoms with Gasteiger partial charge < -0.3 is 10.3 Å².